The van der Waals surface area contributed by atoms with Gasteiger partial charge < -0.3 is 14.7 Å². The third-order valence-electron chi connectivity index (χ3n) is 3.21. The average molecular weight is 324 g/mol. The highest BCUT2D eigenvalue weighted by Crippen LogP contribution is 2.22. The van der Waals surface area contributed by atoms with Crippen molar-refractivity contribution >= 4 is 17.6 Å². The Morgan fingerprint density at radius 3 is 2.65 bits per heavy atom. The fourth-order valence-electron chi connectivity index (χ4n) is 1.87. The first-order chi connectivity index (χ1) is 10.9. The molecule has 0 atom stereocenters. The number of rotatable bonds is 8. The molecule has 0 saturated heterocycles. The molecule has 0 aromatic heterocycles. The van der Waals surface area contributed by atoms with Crippen LogP contribution in [0.3, 0.4) is 0 Å². The van der Waals surface area contributed by atoms with E-state index < -0.39 is 23.4 Å². The molecule has 1 rings (SSSR count). The zero-order valence-corrected chi connectivity index (χ0v) is 13.2. The predicted molar refractivity (Wildman–Crippen MR) is 81.8 cm³/mol. The number of aliphatic hydroxyl groups is 1. The second-order valence-corrected chi connectivity index (χ2v) is 5.00. The Kier molecular flexibility index (Phi) is 7.14. The first-order valence-corrected chi connectivity index (χ1v) is 7.20. The molecule has 0 spiro atoms. The van der Waals surface area contributed by atoms with Crippen molar-refractivity contribution in [2.45, 2.75) is 26.3 Å². The van der Waals surface area contributed by atoms with Gasteiger partial charge in [0, 0.05) is 18.7 Å². The van der Waals surface area contributed by atoms with Crippen LogP contribution in [0, 0.1) is 10.1 Å². The van der Waals surface area contributed by atoms with Gasteiger partial charge in [0.05, 0.1) is 23.6 Å². The van der Waals surface area contributed by atoms with Crippen LogP contribution >= 0.6 is 0 Å². The lowest BCUT2D eigenvalue weighted by molar-refractivity contribution is -0.385. The number of esters is 1. The lowest BCUT2D eigenvalue weighted by Crippen LogP contribution is -2.29. The molecule has 0 heterocycles. The van der Waals surface area contributed by atoms with Crippen LogP contribution in [0.4, 0.5) is 5.69 Å². The molecule has 0 aliphatic rings. The summed E-state index contributed by atoms with van der Waals surface area (Å²) >= 11 is 0. The van der Waals surface area contributed by atoms with Crippen molar-refractivity contribution < 1.29 is 24.4 Å². The van der Waals surface area contributed by atoms with Crippen LogP contribution in [0.25, 0.3) is 0 Å². The van der Waals surface area contributed by atoms with Crippen LogP contribution < -0.4 is 0 Å². The molecule has 0 radical (unpaired) electrons. The van der Waals surface area contributed by atoms with Gasteiger partial charge in [-0.3, -0.25) is 14.9 Å². The van der Waals surface area contributed by atoms with Crippen LogP contribution in [0.5, 0.6) is 0 Å². The van der Waals surface area contributed by atoms with E-state index in [0.29, 0.717) is 0 Å². The molecule has 0 fully saturated rings. The van der Waals surface area contributed by atoms with Crippen LogP contribution in [-0.4, -0.2) is 47.1 Å². The van der Waals surface area contributed by atoms with Crippen molar-refractivity contribution in [3.05, 3.63) is 39.4 Å². The maximum atomic E-state index is 11.9. The molecule has 1 N–H and O–H groups in total. The number of amides is 1. The van der Waals surface area contributed by atoms with E-state index >= 15 is 0 Å². The Bertz CT molecular complexity index is 587. The summed E-state index contributed by atoms with van der Waals surface area (Å²) in [6.07, 6.45) is 1.62. The number of carbonyl (C=O) groups is 2. The zero-order chi connectivity index (χ0) is 17.4. The van der Waals surface area contributed by atoms with Gasteiger partial charge in [0.25, 0.3) is 5.69 Å². The smallest absolute Gasteiger partial charge is 0.338 e. The van der Waals surface area contributed by atoms with Gasteiger partial charge in [-0.25, -0.2) is 4.79 Å². The number of unbranched alkanes of at least 4 members (excludes halogenated alkanes) is 1. The SMILES string of the molecule is CCCCOC(=O)c1ccc([N+](=O)[O-])c(CN(C)C(=O)CO)c1. The normalized spacial score (nSPS) is 10.2. The molecule has 0 saturated carbocycles. The summed E-state index contributed by atoms with van der Waals surface area (Å²) in [6.45, 7) is 1.46. The van der Waals surface area contributed by atoms with Gasteiger partial charge in [-0.05, 0) is 18.6 Å². The van der Waals surface area contributed by atoms with Crippen LogP contribution in [0.2, 0.25) is 0 Å². The van der Waals surface area contributed by atoms with E-state index in [1.807, 2.05) is 6.92 Å². The molecule has 126 valence electrons. The highest BCUT2D eigenvalue weighted by Gasteiger charge is 2.20. The van der Waals surface area contributed by atoms with Crippen molar-refractivity contribution in [3.8, 4) is 0 Å². The quantitative estimate of drug-likeness (QED) is 0.336. The number of benzene rings is 1. The number of aliphatic hydroxyl groups excluding tert-OH is 1. The Morgan fingerprint density at radius 1 is 1.39 bits per heavy atom. The molecule has 23 heavy (non-hydrogen) atoms. The summed E-state index contributed by atoms with van der Waals surface area (Å²) in [6, 6.07) is 3.88. The largest absolute Gasteiger partial charge is 0.462 e. The number of hydrogen-bond acceptors (Lipinski definition) is 6. The van der Waals surface area contributed by atoms with Crippen molar-refractivity contribution in [1.82, 2.24) is 4.90 Å². The molecule has 8 nitrogen and oxygen atoms in total. The third kappa shape index (κ3) is 5.33. The van der Waals surface area contributed by atoms with Crippen molar-refractivity contribution in [2.24, 2.45) is 0 Å². The number of ether oxygens (including phenoxy) is 1. The maximum absolute atomic E-state index is 11.9. The fraction of sp³-hybridized carbons (Fsp3) is 0.467. The molecular weight excluding hydrogens is 304 g/mol. The van der Waals surface area contributed by atoms with E-state index in [0.717, 1.165) is 17.7 Å². The molecule has 0 aliphatic carbocycles. The average Bonchev–Trinajstić information content (AvgIpc) is 2.53. The molecule has 0 unspecified atom stereocenters. The minimum absolute atomic E-state index is 0.0915. The minimum Gasteiger partial charge on any atom is -0.462 e. The van der Waals surface area contributed by atoms with E-state index in [1.54, 1.807) is 0 Å². The monoisotopic (exact) mass is 324 g/mol. The molecular formula is C15H20N2O6. The Morgan fingerprint density at radius 2 is 2.09 bits per heavy atom. The predicted octanol–water partition coefficient (Wildman–Crippen LogP) is 1.50. The van der Waals surface area contributed by atoms with Gasteiger partial charge in [-0.15, -0.1) is 0 Å². The minimum atomic E-state index is -0.691. The van der Waals surface area contributed by atoms with Gasteiger partial charge in [-0.2, -0.15) is 0 Å². The van der Waals surface area contributed by atoms with E-state index in [-0.39, 0.29) is 30.0 Å². The number of nitrogens with zero attached hydrogens (tertiary/aromatic N) is 2. The van der Waals surface area contributed by atoms with E-state index in [1.165, 1.54) is 25.2 Å². The van der Waals surface area contributed by atoms with Crippen LogP contribution in [0.1, 0.15) is 35.7 Å². The molecule has 0 bridgehead atoms. The summed E-state index contributed by atoms with van der Waals surface area (Å²) in [5.41, 5.74) is 0.184. The van der Waals surface area contributed by atoms with Crippen LogP contribution in [0.15, 0.2) is 18.2 Å². The number of carbonyl (C=O) groups excluding carboxylic acids is 2. The lowest BCUT2D eigenvalue weighted by atomic mass is 10.1. The Balaban J connectivity index is 3.00. The number of hydrogen-bond donors (Lipinski definition) is 1. The summed E-state index contributed by atoms with van der Waals surface area (Å²) in [5.74, 6) is -1.14. The summed E-state index contributed by atoms with van der Waals surface area (Å²) < 4.78 is 5.07. The summed E-state index contributed by atoms with van der Waals surface area (Å²) in [4.78, 5) is 35.0. The summed E-state index contributed by atoms with van der Waals surface area (Å²) in [7, 11) is 1.41. The molecule has 0 aliphatic heterocycles. The third-order valence-corrected chi connectivity index (χ3v) is 3.21. The first kappa shape index (κ1) is 18.6. The second-order valence-electron chi connectivity index (χ2n) is 5.00. The second kappa shape index (κ2) is 8.84. The molecule has 1 aromatic carbocycles. The zero-order valence-electron chi connectivity index (χ0n) is 13.2. The highest BCUT2D eigenvalue weighted by atomic mass is 16.6. The molecule has 8 heteroatoms. The number of nitro benzene ring substituents is 1. The van der Waals surface area contributed by atoms with Gasteiger partial charge >= 0.3 is 5.97 Å². The number of likely N-dealkylation sites (N-methyl/N-ethyl adjacent to an activating group) is 1. The Hall–Kier alpha value is -2.48. The van der Waals surface area contributed by atoms with Crippen molar-refractivity contribution in [2.75, 3.05) is 20.3 Å². The molecule has 1 aromatic rings. The first-order valence-electron chi connectivity index (χ1n) is 7.20. The maximum Gasteiger partial charge on any atom is 0.338 e. The van der Waals surface area contributed by atoms with Crippen molar-refractivity contribution in [3.63, 3.8) is 0 Å². The van der Waals surface area contributed by atoms with E-state index in [2.05, 4.69) is 0 Å². The Labute approximate surface area is 133 Å². The van der Waals surface area contributed by atoms with Gasteiger partial charge in [-0.1, -0.05) is 13.3 Å². The van der Waals surface area contributed by atoms with Gasteiger partial charge in [0.15, 0.2) is 0 Å². The lowest BCUT2D eigenvalue weighted by Gasteiger charge is -2.16. The van der Waals surface area contributed by atoms with Crippen LogP contribution in [-0.2, 0) is 16.1 Å². The standard InChI is InChI=1S/C15H20N2O6/c1-3-4-7-23-15(20)11-5-6-13(17(21)22)12(8-11)9-16(2)14(19)10-18/h5-6,8,18H,3-4,7,9-10H2,1-2H3. The highest BCUT2D eigenvalue weighted by molar-refractivity contribution is 5.90. The topological polar surface area (TPSA) is 110 Å². The van der Waals surface area contributed by atoms with E-state index in [9.17, 15) is 19.7 Å². The number of nitro groups is 1. The van der Waals surface area contributed by atoms with Gasteiger partial charge in [0.1, 0.15) is 6.61 Å². The van der Waals surface area contributed by atoms with Gasteiger partial charge in [0.2, 0.25) is 5.91 Å². The van der Waals surface area contributed by atoms with E-state index in [4.69, 9.17) is 9.84 Å². The van der Waals surface area contributed by atoms with Crippen molar-refractivity contribution in [1.29, 1.82) is 0 Å². The molecule has 1 amide bonds. The fourth-order valence-corrected chi connectivity index (χ4v) is 1.87. The summed E-state index contributed by atoms with van der Waals surface area (Å²) in [5, 5.41) is 19.9.